The highest BCUT2D eigenvalue weighted by molar-refractivity contribution is 7.87. The zero-order valence-corrected chi connectivity index (χ0v) is 18.1. The highest BCUT2D eigenvalue weighted by Crippen LogP contribution is 2.64. The molecule has 0 aromatic carbocycles. The summed E-state index contributed by atoms with van der Waals surface area (Å²) in [5, 5.41) is -5.16. The molecule has 0 unspecified atom stereocenters. The first-order chi connectivity index (χ1) is 15.6. The summed E-state index contributed by atoms with van der Waals surface area (Å²) in [5.74, 6) is -59.2. The first-order valence-corrected chi connectivity index (χ1v) is 9.71. The lowest BCUT2D eigenvalue weighted by atomic mass is 9.88. The Morgan fingerprint density at radius 1 is 0.514 bits per heavy atom. The molecule has 0 fully saturated rings. The van der Waals surface area contributed by atoms with Crippen LogP contribution in [0.1, 0.15) is 12.8 Å². The van der Waals surface area contributed by atoms with E-state index in [4.69, 9.17) is 4.55 Å². The first-order valence-electron chi connectivity index (χ1n) is 8.27. The van der Waals surface area contributed by atoms with Crippen LogP contribution in [0.4, 0.5) is 83.4 Å². The van der Waals surface area contributed by atoms with E-state index in [9.17, 15) is 91.8 Å². The Bertz CT molecular complexity index is 880. The Labute approximate surface area is 192 Å². The van der Waals surface area contributed by atoms with Gasteiger partial charge in [0.25, 0.3) is 0 Å². The standard InChI is InChI=1S/C11H5F19O3S.C2H7N/c12-3(13,1-2-4(14,15)16)5(17,18)6(19,20)7(21,22)8(23,24)9(25,26)10(27,28)11(29,30)34(31,32)33;1-3-2/h1-2H2,(H,31,32,33);3H,1-2H3. The van der Waals surface area contributed by atoms with Crippen LogP contribution >= 0.6 is 0 Å². The van der Waals surface area contributed by atoms with E-state index in [1.807, 2.05) is 14.1 Å². The minimum Gasteiger partial charge on any atom is -0.323 e. The molecule has 0 aliphatic carbocycles. The highest BCUT2D eigenvalue weighted by Gasteiger charge is 2.95. The molecule has 0 aromatic rings. The fourth-order valence-corrected chi connectivity index (χ4v) is 2.27. The van der Waals surface area contributed by atoms with Crippen molar-refractivity contribution in [1.82, 2.24) is 5.32 Å². The molecule has 0 bridgehead atoms. The molecule has 37 heavy (non-hydrogen) atoms. The summed E-state index contributed by atoms with van der Waals surface area (Å²) in [5.41, 5.74) is 0. The predicted octanol–water partition coefficient (Wildman–Crippen LogP) is 6.09. The second kappa shape index (κ2) is 10.3. The van der Waals surface area contributed by atoms with Crippen molar-refractivity contribution < 1.29 is 96.4 Å². The van der Waals surface area contributed by atoms with E-state index >= 15 is 0 Å². The van der Waals surface area contributed by atoms with Crippen LogP contribution in [0.25, 0.3) is 0 Å². The van der Waals surface area contributed by atoms with Crippen LogP contribution in [0.2, 0.25) is 0 Å². The summed E-state index contributed by atoms with van der Waals surface area (Å²) in [4.78, 5) is 0. The zero-order chi connectivity index (χ0) is 31.1. The number of rotatable bonds is 10. The maximum absolute atomic E-state index is 13.4. The smallest absolute Gasteiger partial charge is 0.323 e. The maximum atomic E-state index is 13.4. The SMILES string of the molecule is CNC.O=S(=O)(O)C(F)(F)C(F)(F)C(F)(F)C(F)(F)C(F)(F)C(F)(F)C(F)(F)C(F)(F)CCC(F)(F)F. The summed E-state index contributed by atoms with van der Waals surface area (Å²) >= 11 is 0. The van der Waals surface area contributed by atoms with Crippen LogP contribution in [-0.2, 0) is 10.1 Å². The van der Waals surface area contributed by atoms with Gasteiger partial charge in [0, 0.05) is 12.8 Å². The van der Waals surface area contributed by atoms with Crippen molar-refractivity contribution in [2.45, 2.75) is 65.7 Å². The van der Waals surface area contributed by atoms with Gasteiger partial charge in [0.05, 0.1) is 0 Å². The molecule has 0 saturated heterocycles. The molecule has 0 heterocycles. The van der Waals surface area contributed by atoms with Crippen LogP contribution in [0, 0.1) is 0 Å². The van der Waals surface area contributed by atoms with Gasteiger partial charge in [0.1, 0.15) is 0 Å². The van der Waals surface area contributed by atoms with Crippen LogP contribution < -0.4 is 5.32 Å². The minimum atomic E-state index is -8.97. The molecule has 0 amide bonds. The van der Waals surface area contributed by atoms with Gasteiger partial charge in [-0.2, -0.15) is 91.8 Å². The summed E-state index contributed by atoms with van der Waals surface area (Å²) in [6, 6.07) is 0. The summed E-state index contributed by atoms with van der Waals surface area (Å²) in [6.45, 7) is 0. The zero-order valence-electron chi connectivity index (χ0n) is 17.3. The Kier molecular flexibility index (Phi) is 10.5. The number of hydrogen-bond acceptors (Lipinski definition) is 3. The number of alkyl halides is 19. The van der Waals surface area contributed by atoms with E-state index in [0.29, 0.717) is 0 Å². The molecule has 226 valence electrons. The second-order valence-corrected chi connectivity index (χ2v) is 8.22. The van der Waals surface area contributed by atoms with Crippen molar-refractivity contribution in [3.63, 3.8) is 0 Å². The molecular weight excluding hydrogens is 611 g/mol. The lowest BCUT2D eigenvalue weighted by Gasteiger charge is -2.43. The molecule has 0 atom stereocenters. The van der Waals surface area contributed by atoms with Crippen LogP contribution in [-0.4, -0.2) is 80.0 Å². The van der Waals surface area contributed by atoms with Crippen LogP contribution in [0.5, 0.6) is 0 Å². The van der Waals surface area contributed by atoms with Gasteiger partial charge in [-0.05, 0) is 14.1 Å². The van der Waals surface area contributed by atoms with Gasteiger partial charge in [-0.15, -0.1) is 0 Å². The van der Waals surface area contributed by atoms with E-state index in [1.54, 1.807) is 0 Å². The monoisotopic (exact) mass is 623 g/mol. The van der Waals surface area contributed by atoms with E-state index in [2.05, 4.69) is 5.32 Å². The lowest BCUT2D eigenvalue weighted by molar-refractivity contribution is -0.449. The Balaban J connectivity index is 0. The molecule has 24 heteroatoms. The Morgan fingerprint density at radius 2 is 0.757 bits per heavy atom. The van der Waals surface area contributed by atoms with Crippen molar-refractivity contribution in [3.05, 3.63) is 0 Å². The third kappa shape index (κ3) is 6.08. The molecule has 4 nitrogen and oxygen atoms in total. The molecule has 0 aliphatic heterocycles. The molecule has 0 saturated carbocycles. The van der Waals surface area contributed by atoms with Crippen molar-refractivity contribution in [2.75, 3.05) is 14.1 Å². The Morgan fingerprint density at radius 3 is 1.00 bits per heavy atom. The third-order valence-corrected chi connectivity index (χ3v) is 4.75. The van der Waals surface area contributed by atoms with Crippen molar-refractivity contribution in [1.29, 1.82) is 0 Å². The minimum absolute atomic E-state index is 1.88. The topological polar surface area (TPSA) is 66.4 Å². The fourth-order valence-electron chi connectivity index (χ4n) is 1.82. The third-order valence-electron chi connectivity index (χ3n) is 3.84. The van der Waals surface area contributed by atoms with Crippen LogP contribution in [0.3, 0.4) is 0 Å². The average molecular weight is 623 g/mol. The van der Waals surface area contributed by atoms with E-state index in [1.165, 1.54) is 0 Å². The molecule has 0 aromatic heterocycles. The molecule has 0 radical (unpaired) electrons. The van der Waals surface area contributed by atoms with Gasteiger partial charge in [0.2, 0.25) is 0 Å². The average Bonchev–Trinajstić information content (AvgIpc) is 2.64. The first kappa shape index (κ1) is 37.7. The van der Waals surface area contributed by atoms with E-state index < -0.39 is 75.8 Å². The van der Waals surface area contributed by atoms with Gasteiger partial charge >= 0.3 is 63.0 Å². The van der Waals surface area contributed by atoms with Gasteiger partial charge < -0.3 is 5.32 Å². The van der Waals surface area contributed by atoms with Gasteiger partial charge in [-0.1, -0.05) is 0 Å². The predicted molar refractivity (Wildman–Crippen MR) is 81.4 cm³/mol. The van der Waals surface area contributed by atoms with E-state index in [0.717, 1.165) is 0 Å². The molecular formula is C13H12F19NO3S. The maximum Gasteiger partial charge on any atom is 0.438 e. The Hall–Kier alpha value is -1.46. The van der Waals surface area contributed by atoms with Crippen molar-refractivity contribution in [3.8, 4) is 0 Å². The van der Waals surface area contributed by atoms with Crippen LogP contribution in [0.15, 0.2) is 0 Å². The normalized spacial score (nSPS) is 15.8. The van der Waals surface area contributed by atoms with Gasteiger partial charge in [-0.3, -0.25) is 4.55 Å². The molecule has 0 spiro atoms. The van der Waals surface area contributed by atoms with Gasteiger partial charge in [0.15, 0.2) is 0 Å². The van der Waals surface area contributed by atoms with Crippen molar-refractivity contribution in [2.24, 2.45) is 0 Å². The summed E-state index contributed by atoms with van der Waals surface area (Å²) < 4.78 is 275. The number of hydrogen-bond donors (Lipinski definition) is 2. The molecule has 0 aliphatic rings. The van der Waals surface area contributed by atoms with E-state index in [-0.39, 0.29) is 0 Å². The fraction of sp³-hybridized carbons (Fsp3) is 1.00. The second-order valence-electron chi connectivity index (χ2n) is 6.76. The highest BCUT2D eigenvalue weighted by atomic mass is 32.2. The molecule has 2 N–H and O–H groups in total. The summed E-state index contributed by atoms with van der Waals surface area (Å²) in [6.07, 6.45) is -12.7. The largest absolute Gasteiger partial charge is 0.438 e. The van der Waals surface area contributed by atoms with Gasteiger partial charge in [-0.25, -0.2) is 0 Å². The number of nitrogens with one attached hydrogen (secondary N) is 1. The quantitative estimate of drug-likeness (QED) is 0.229. The van der Waals surface area contributed by atoms with Crippen molar-refractivity contribution >= 4 is 10.1 Å². The lowest BCUT2D eigenvalue weighted by Crippen LogP contribution is -2.75. The summed E-state index contributed by atoms with van der Waals surface area (Å²) in [7, 11) is -4.21. The molecule has 0 rings (SSSR count). The number of halogens is 19.